The summed E-state index contributed by atoms with van der Waals surface area (Å²) >= 11 is 0. The smallest absolute Gasteiger partial charge is 0.192 e. The van der Waals surface area contributed by atoms with Gasteiger partial charge in [-0.3, -0.25) is 0 Å². The number of aliphatic hydroxyl groups excluding tert-OH is 1. The van der Waals surface area contributed by atoms with E-state index in [1.165, 1.54) is 0 Å². The number of rotatable bonds is 3. The van der Waals surface area contributed by atoms with Crippen LogP contribution < -0.4 is 0 Å². The Bertz CT molecular complexity index is 116. The Hall–Kier alpha value is 0.137. The molecular formula is C8H20O2Si. The molecule has 0 aromatic heterocycles. The molecule has 0 heterocycles. The Labute approximate surface area is 70.7 Å². The van der Waals surface area contributed by atoms with Crippen LogP contribution in [0.1, 0.15) is 20.8 Å². The van der Waals surface area contributed by atoms with Crippen molar-refractivity contribution in [2.24, 2.45) is 0 Å². The minimum absolute atomic E-state index is 0.131. The van der Waals surface area contributed by atoms with Crippen LogP contribution >= 0.6 is 0 Å². The zero-order valence-electron chi connectivity index (χ0n) is 8.27. The normalized spacial score (nSPS) is 13.6. The van der Waals surface area contributed by atoms with E-state index in [4.69, 9.17) is 9.53 Å². The topological polar surface area (TPSA) is 29.5 Å². The zero-order chi connectivity index (χ0) is 9.12. The van der Waals surface area contributed by atoms with Crippen molar-refractivity contribution >= 4 is 8.32 Å². The first-order valence-corrected chi connectivity index (χ1v) is 6.97. The van der Waals surface area contributed by atoms with E-state index in [1.807, 2.05) is 0 Å². The quantitative estimate of drug-likeness (QED) is 0.529. The van der Waals surface area contributed by atoms with E-state index in [0.29, 0.717) is 6.61 Å². The summed E-state index contributed by atoms with van der Waals surface area (Å²) in [5, 5.41) is 8.84. The lowest BCUT2D eigenvalue weighted by Crippen LogP contribution is -2.41. The van der Waals surface area contributed by atoms with Crippen molar-refractivity contribution in [1.82, 2.24) is 0 Å². The lowest BCUT2D eigenvalue weighted by Gasteiger charge is -2.35. The van der Waals surface area contributed by atoms with Crippen LogP contribution in [0.3, 0.4) is 0 Å². The third kappa shape index (κ3) is 3.36. The van der Waals surface area contributed by atoms with Crippen LogP contribution in [0.4, 0.5) is 0 Å². The molecule has 0 rings (SSSR count). The monoisotopic (exact) mass is 178 g/mol. The first kappa shape index (κ1) is 11.1. The zero-order valence-corrected chi connectivity index (χ0v) is 9.27. The minimum Gasteiger partial charge on any atom is -0.414 e. The molecule has 0 radical (unpaired) electrons. The van der Waals surface area contributed by atoms with Gasteiger partial charge in [0.1, 0.15) is 0 Å². The molecule has 0 atom stereocenters. The molecule has 0 bridgehead atoms. The van der Waals surface area contributed by atoms with Crippen molar-refractivity contribution < 1.29 is 9.53 Å². The molecule has 2 nitrogen and oxygen atoms in total. The molecule has 0 aliphatic rings. The number of aliphatic hydroxyl groups is 1. The maximum Gasteiger partial charge on any atom is 0.192 e. The van der Waals surface area contributed by atoms with Crippen LogP contribution in [0.25, 0.3) is 0 Å². The number of hydrogen-bond donors (Lipinski definition) is 1. The van der Waals surface area contributed by atoms with Gasteiger partial charge in [-0.05, 0) is 18.1 Å². The van der Waals surface area contributed by atoms with E-state index in [2.05, 4.69) is 33.9 Å². The second-order valence-electron chi connectivity index (χ2n) is 4.33. The lowest BCUT2D eigenvalue weighted by atomic mass is 10.2. The molecule has 68 valence electrons. The van der Waals surface area contributed by atoms with E-state index in [-0.39, 0.29) is 11.6 Å². The minimum atomic E-state index is -1.59. The number of hydrogen-bond acceptors (Lipinski definition) is 2. The van der Waals surface area contributed by atoms with Gasteiger partial charge in [0, 0.05) is 0 Å². The SMILES string of the molecule is CC(C)(C)[Si](C)(C)O[13CH2][13CH2]O. The summed E-state index contributed by atoms with van der Waals surface area (Å²) in [6.07, 6.45) is 0. The maximum atomic E-state index is 8.59. The molecule has 0 aliphatic carbocycles. The molecule has 0 amide bonds. The summed E-state index contributed by atoms with van der Waals surface area (Å²) in [6.45, 7) is 11.6. The summed E-state index contributed by atoms with van der Waals surface area (Å²) in [7, 11) is -1.59. The fraction of sp³-hybridized carbons (Fsp3) is 1.00. The van der Waals surface area contributed by atoms with Gasteiger partial charge < -0.3 is 9.53 Å². The molecule has 0 aromatic rings. The van der Waals surface area contributed by atoms with Gasteiger partial charge in [0.05, 0.1) is 13.2 Å². The molecule has 0 spiro atoms. The van der Waals surface area contributed by atoms with E-state index < -0.39 is 8.32 Å². The fourth-order valence-corrected chi connectivity index (χ4v) is 1.55. The van der Waals surface area contributed by atoms with Crippen LogP contribution in [0.2, 0.25) is 18.1 Å². The van der Waals surface area contributed by atoms with E-state index in [1.54, 1.807) is 0 Å². The van der Waals surface area contributed by atoms with Crippen LogP contribution in [0, 0.1) is 0 Å². The molecular weight excluding hydrogens is 158 g/mol. The summed E-state index contributed by atoms with van der Waals surface area (Å²) in [5.74, 6) is 0. The average Bonchev–Trinajstić information content (AvgIpc) is 1.81. The first-order valence-electron chi connectivity index (χ1n) is 4.06. The Morgan fingerprint density at radius 1 is 1.27 bits per heavy atom. The summed E-state index contributed by atoms with van der Waals surface area (Å²) in [6, 6.07) is 0. The summed E-state index contributed by atoms with van der Waals surface area (Å²) in [4.78, 5) is 0. The van der Waals surface area contributed by atoms with Crippen LogP contribution in [-0.2, 0) is 4.43 Å². The molecule has 11 heavy (non-hydrogen) atoms. The highest BCUT2D eigenvalue weighted by Gasteiger charge is 2.36. The lowest BCUT2D eigenvalue weighted by molar-refractivity contribution is 0.189. The van der Waals surface area contributed by atoms with Gasteiger partial charge in [-0.2, -0.15) is 0 Å². The van der Waals surface area contributed by atoms with Crippen molar-refractivity contribution in [3.05, 3.63) is 0 Å². The van der Waals surface area contributed by atoms with Crippen LogP contribution in [0.5, 0.6) is 0 Å². The molecule has 0 aromatic carbocycles. The standard InChI is InChI=1S/C8H20O2Si/c1-8(2,3)11(4,5)10-7-6-9/h9H,6-7H2,1-5H3/i6+1,7+1. The highest BCUT2D eigenvalue weighted by molar-refractivity contribution is 6.74. The van der Waals surface area contributed by atoms with Gasteiger partial charge in [-0.15, -0.1) is 0 Å². The third-order valence-electron chi connectivity index (χ3n) is 2.36. The Balaban J connectivity index is 4.00. The van der Waals surface area contributed by atoms with Gasteiger partial charge in [-0.1, -0.05) is 20.8 Å². The van der Waals surface area contributed by atoms with E-state index >= 15 is 0 Å². The molecule has 0 fully saturated rings. The predicted molar refractivity (Wildman–Crippen MR) is 50.2 cm³/mol. The van der Waals surface area contributed by atoms with Crippen molar-refractivity contribution in [1.29, 1.82) is 0 Å². The van der Waals surface area contributed by atoms with Gasteiger partial charge in [0.2, 0.25) is 0 Å². The first-order chi connectivity index (χ1) is 4.81. The van der Waals surface area contributed by atoms with Gasteiger partial charge in [-0.25, -0.2) is 0 Å². The van der Waals surface area contributed by atoms with Gasteiger partial charge in [0.15, 0.2) is 8.32 Å². The van der Waals surface area contributed by atoms with Crippen molar-refractivity contribution in [2.45, 2.75) is 38.9 Å². The van der Waals surface area contributed by atoms with Crippen molar-refractivity contribution in [3.63, 3.8) is 0 Å². The Morgan fingerprint density at radius 3 is 2.00 bits per heavy atom. The average molecular weight is 178 g/mol. The van der Waals surface area contributed by atoms with Crippen LogP contribution in [-0.4, -0.2) is 26.6 Å². The van der Waals surface area contributed by atoms with Gasteiger partial charge >= 0.3 is 0 Å². The third-order valence-corrected chi connectivity index (χ3v) is 6.90. The molecule has 0 saturated heterocycles. The highest BCUT2D eigenvalue weighted by Crippen LogP contribution is 2.36. The maximum absolute atomic E-state index is 8.59. The molecule has 3 heteroatoms. The predicted octanol–water partition coefficient (Wildman–Crippen LogP) is 2.00. The summed E-state index contributed by atoms with van der Waals surface area (Å²) < 4.78 is 5.63. The molecule has 0 aliphatic heterocycles. The van der Waals surface area contributed by atoms with E-state index in [9.17, 15) is 0 Å². The van der Waals surface area contributed by atoms with Crippen molar-refractivity contribution in [2.75, 3.05) is 13.2 Å². The molecule has 0 unspecified atom stereocenters. The highest BCUT2D eigenvalue weighted by atomic mass is 28.4. The second kappa shape index (κ2) is 3.69. The summed E-state index contributed by atoms with van der Waals surface area (Å²) in [5.41, 5.74) is 0. The van der Waals surface area contributed by atoms with Gasteiger partial charge in [0.25, 0.3) is 0 Å². The fourth-order valence-electron chi connectivity index (χ4n) is 0.517. The second-order valence-corrected chi connectivity index (χ2v) is 9.14. The van der Waals surface area contributed by atoms with E-state index in [0.717, 1.165) is 0 Å². The van der Waals surface area contributed by atoms with Crippen molar-refractivity contribution in [3.8, 4) is 0 Å². The Kier molecular flexibility index (Phi) is 3.74. The van der Waals surface area contributed by atoms with Crippen LogP contribution in [0.15, 0.2) is 0 Å². The Morgan fingerprint density at radius 2 is 1.73 bits per heavy atom. The molecule has 1 N–H and O–H groups in total. The molecule has 0 saturated carbocycles. The largest absolute Gasteiger partial charge is 0.414 e.